The van der Waals surface area contributed by atoms with E-state index in [2.05, 4.69) is 4.98 Å². The Balaban J connectivity index is 2.08. The van der Waals surface area contributed by atoms with Crippen LogP contribution in [0.25, 0.3) is 10.6 Å². The van der Waals surface area contributed by atoms with Crippen LogP contribution in [0.3, 0.4) is 0 Å². The molecule has 0 aliphatic carbocycles. The number of ether oxygens (including phenoxy) is 1. The van der Waals surface area contributed by atoms with Crippen LogP contribution in [0.1, 0.15) is 21.8 Å². The quantitative estimate of drug-likeness (QED) is 0.858. The van der Waals surface area contributed by atoms with E-state index in [1.165, 1.54) is 11.3 Å². The minimum atomic E-state index is -0.493. The maximum absolute atomic E-state index is 11.8. The van der Waals surface area contributed by atoms with Crippen molar-refractivity contribution in [2.24, 2.45) is 5.73 Å². The van der Waals surface area contributed by atoms with Crippen LogP contribution in [0.5, 0.6) is 0 Å². The predicted molar refractivity (Wildman–Crippen MR) is 74.3 cm³/mol. The fourth-order valence-electron chi connectivity index (χ4n) is 1.41. The van der Waals surface area contributed by atoms with Crippen LogP contribution in [0.15, 0.2) is 16.8 Å². The smallest absolute Gasteiger partial charge is 0.350 e. The van der Waals surface area contributed by atoms with Gasteiger partial charge in [-0.3, -0.25) is 4.79 Å². The molecule has 2 aromatic rings. The molecule has 7 heteroatoms. The third-order valence-corrected chi connectivity index (χ3v) is 4.20. The van der Waals surface area contributed by atoms with E-state index in [0.29, 0.717) is 10.6 Å². The van der Waals surface area contributed by atoms with Gasteiger partial charge in [0.2, 0.25) is 5.91 Å². The van der Waals surface area contributed by atoms with Crippen molar-refractivity contribution in [3.05, 3.63) is 27.4 Å². The summed E-state index contributed by atoms with van der Waals surface area (Å²) in [6, 6.07) is 1.95. The fraction of sp³-hybridized carbons (Fsp3) is 0.250. The molecule has 0 unspecified atom stereocenters. The van der Waals surface area contributed by atoms with E-state index in [4.69, 9.17) is 10.5 Å². The number of carbonyl (C=O) groups excluding carboxylic acids is 2. The molecule has 19 heavy (non-hydrogen) atoms. The number of rotatable bonds is 5. The predicted octanol–water partition coefficient (Wildman–Crippen LogP) is 2.21. The number of amides is 1. The van der Waals surface area contributed by atoms with Crippen molar-refractivity contribution in [2.75, 3.05) is 6.61 Å². The SMILES string of the molecule is Cc1nc(-c2ccsc2)sc1C(=O)OCCC(N)=O. The number of primary amides is 1. The van der Waals surface area contributed by atoms with E-state index in [-0.39, 0.29) is 13.0 Å². The number of aryl methyl sites for hydroxylation is 1. The molecule has 100 valence electrons. The number of nitrogens with zero attached hydrogens (tertiary/aromatic N) is 1. The molecule has 0 saturated carbocycles. The van der Waals surface area contributed by atoms with Crippen LogP contribution < -0.4 is 5.73 Å². The summed E-state index contributed by atoms with van der Waals surface area (Å²) in [5.41, 5.74) is 6.61. The molecule has 0 aromatic carbocycles. The molecule has 0 radical (unpaired) electrons. The highest BCUT2D eigenvalue weighted by Crippen LogP contribution is 2.29. The van der Waals surface area contributed by atoms with Gasteiger partial charge in [-0.1, -0.05) is 0 Å². The molecule has 0 spiro atoms. The van der Waals surface area contributed by atoms with Crippen LogP contribution in [0.4, 0.5) is 0 Å². The van der Waals surface area contributed by atoms with Crippen molar-refractivity contribution in [3.63, 3.8) is 0 Å². The third kappa shape index (κ3) is 3.39. The Morgan fingerprint density at radius 1 is 1.47 bits per heavy atom. The highest BCUT2D eigenvalue weighted by atomic mass is 32.1. The first-order valence-electron chi connectivity index (χ1n) is 5.53. The molecule has 2 heterocycles. The molecule has 0 atom stereocenters. The minimum absolute atomic E-state index is 0.000703. The number of esters is 1. The monoisotopic (exact) mass is 296 g/mol. The lowest BCUT2D eigenvalue weighted by Gasteiger charge is -2.00. The van der Waals surface area contributed by atoms with E-state index in [1.807, 2.05) is 16.8 Å². The molecule has 2 N–H and O–H groups in total. The standard InChI is InChI=1S/C12H12N2O3S2/c1-7-10(12(16)17-4-2-9(13)15)19-11(14-7)8-3-5-18-6-8/h3,5-6H,2,4H2,1H3,(H2,13,15). The average Bonchev–Trinajstić information content (AvgIpc) is 2.96. The van der Waals surface area contributed by atoms with E-state index in [1.54, 1.807) is 18.3 Å². The van der Waals surface area contributed by atoms with Crippen molar-refractivity contribution >= 4 is 34.6 Å². The first-order valence-corrected chi connectivity index (χ1v) is 7.29. The van der Waals surface area contributed by atoms with Gasteiger partial charge < -0.3 is 10.5 Å². The lowest BCUT2D eigenvalue weighted by Crippen LogP contribution is -2.15. The van der Waals surface area contributed by atoms with Crippen LogP contribution in [-0.4, -0.2) is 23.5 Å². The zero-order chi connectivity index (χ0) is 13.8. The Kier molecular flexibility index (Phi) is 4.28. The first-order chi connectivity index (χ1) is 9.08. The molecule has 0 saturated heterocycles. The van der Waals surface area contributed by atoms with Crippen LogP contribution in [-0.2, 0) is 9.53 Å². The highest BCUT2D eigenvalue weighted by Gasteiger charge is 2.17. The Hall–Kier alpha value is -1.73. The third-order valence-electron chi connectivity index (χ3n) is 2.33. The second-order valence-corrected chi connectivity index (χ2v) is 5.58. The number of hydrogen-bond acceptors (Lipinski definition) is 6. The summed E-state index contributed by atoms with van der Waals surface area (Å²) in [7, 11) is 0. The summed E-state index contributed by atoms with van der Waals surface area (Å²) in [4.78, 5) is 27.2. The van der Waals surface area contributed by atoms with E-state index in [9.17, 15) is 9.59 Å². The Morgan fingerprint density at radius 2 is 2.26 bits per heavy atom. The summed E-state index contributed by atoms with van der Waals surface area (Å²) in [5.74, 6) is -0.953. The molecular formula is C12H12N2O3S2. The Bertz CT molecular complexity index is 590. The maximum atomic E-state index is 11.8. The molecule has 0 fully saturated rings. The van der Waals surface area contributed by atoms with Gasteiger partial charge in [0.05, 0.1) is 12.1 Å². The molecule has 2 aromatic heterocycles. The number of hydrogen-bond donors (Lipinski definition) is 1. The Morgan fingerprint density at radius 3 is 2.89 bits per heavy atom. The lowest BCUT2D eigenvalue weighted by molar-refractivity contribution is -0.118. The van der Waals surface area contributed by atoms with Gasteiger partial charge in [-0.05, 0) is 18.4 Å². The summed E-state index contributed by atoms with van der Waals surface area (Å²) in [5, 5.41) is 4.72. The molecule has 0 aliphatic rings. The summed E-state index contributed by atoms with van der Waals surface area (Å²) in [6.07, 6.45) is 0.0287. The fourth-order valence-corrected chi connectivity index (χ4v) is 3.08. The van der Waals surface area contributed by atoms with Gasteiger partial charge in [-0.25, -0.2) is 9.78 Å². The van der Waals surface area contributed by atoms with Crippen molar-refractivity contribution < 1.29 is 14.3 Å². The highest BCUT2D eigenvalue weighted by molar-refractivity contribution is 7.17. The normalized spacial score (nSPS) is 10.4. The molecule has 0 aliphatic heterocycles. The van der Waals surface area contributed by atoms with Crippen LogP contribution in [0.2, 0.25) is 0 Å². The molecule has 5 nitrogen and oxygen atoms in total. The first kappa shape index (κ1) is 13.7. The summed E-state index contributed by atoms with van der Waals surface area (Å²) >= 11 is 2.86. The van der Waals surface area contributed by atoms with Gasteiger partial charge in [0, 0.05) is 10.9 Å². The molecule has 1 amide bonds. The lowest BCUT2D eigenvalue weighted by atomic mass is 10.3. The summed E-state index contributed by atoms with van der Waals surface area (Å²) < 4.78 is 4.98. The van der Waals surface area contributed by atoms with Gasteiger partial charge in [0.15, 0.2) is 0 Å². The number of thiophene rings is 1. The second-order valence-electron chi connectivity index (χ2n) is 3.80. The van der Waals surface area contributed by atoms with E-state index < -0.39 is 11.9 Å². The second kappa shape index (κ2) is 5.94. The average molecular weight is 296 g/mol. The van der Waals surface area contributed by atoms with Crippen LogP contribution >= 0.6 is 22.7 Å². The van der Waals surface area contributed by atoms with Crippen molar-refractivity contribution in [2.45, 2.75) is 13.3 Å². The van der Waals surface area contributed by atoms with Gasteiger partial charge in [0.1, 0.15) is 16.5 Å². The van der Waals surface area contributed by atoms with Gasteiger partial charge in [-0.15, -0.1) is 11.3 Å². The number of aromatic nitrogens is 1. The van der Waals surface area contributed by atoms with Gasteiger partial charge >= 0.3 is 5.97 Å². The van der Waals surface area contributed by atoms with E-state index >= 15 is 0 Å². The maximum Gasteiger partial charge on any atom is 0.350 e. The van der Waals surface area contributed by atoms with Gasteiger partial charge in [0.25, 0.3) is 0 Å². The van der Waals surface area contributed by atoms with Crippen LogP contribution in [0, 0.1) is 6.92 Å². The molecule has 2 rings (SSSR count). The molecule has 0 bridgehead atoms. The van der Waals surface area contributed by atoms with Gasteiger partial charge in [-0.2, -0.15) is 11.3 Å². The number of nitrogens with two attached hydrogens (primary N) is 1. The van der Waals surface area contributed by atoms with Crippen molar-refractivity contribution in [1.29, 1.82) is 0 Å². The zero-order valence-electron chi connectivity index (χ0n) is 10.2. The van der Waals surface area contributed by atoms with Crippen molar-refractivity contribution in [1.82, 2.24) is 4.98 Å². The topological polar surface area (TPSA) is 82.3 Å². The van der Waals surface area contributed by atoms with E-state index in [0.717, 1.165) is 10.6 Å². The number of thiazole rings is 1. The molecular weight excluding hydrogens is 284 g/mol. The minimum Gasteiger partial charge on any atom is -0.461 e. The zero-order valence-corrected chi connectivity index (χ0v) is 11.8. The Labute approximate surface area is 118 Å². The number of carbonyl (C=O) groups is 2. The largest absolute Gasteiger partial charge is 0.461 e. The van der Waals surface area contributed by atoms with Crippen molar-refractivity contribution in [3.8, 4) is 10.6 Å². The summed E-state index contributed by atoms with van der Waals surface area (Å²) in [6.45, 7) is 1.76.